The van der Waals surface area contributed by atoms with E-state index in [1.807, 2.05) is 0 Å². The second-order valence-electron chi connectivity index (χ2n) is 6.54. The van der Waals surface area contributed by atoms with E-state index in [1.165, 1.54) is 38.2 Å². The normalized spacial score (nSPS) is 20.7. The number of allylic oxidation sites excluding steroid dienone is 2. The summed E-state index contributed by atoms with van der Waals surface area (Å²) < 4.78 is 54.0. The first-order valence-electron chi connectivity index (χ1n) is 8.27. The summed E-state index contributed by atoms with van der Waals surface area (Å²) in [6.45, 7) is 3.36. The number of pyridine rings is 1. The first kappa shape index (κ1) is 21.4. The highest BCUT2D eigenvalue weighted by Gasteiger charge is 2.48. The molecule has 152 valence electrons. The predicted molar refractivity (Wildman–Crippen MR) is 94.4 cm³/mol. The number of halogens is 4. The highest BCUT2D eigenvalue weighted by molar-refractivity contribution is 6.07. The summed E-state index contributed by atoms with van der Waals surface area (Å²) in [4.78, 5) is 30.7. The van der Waals surface area contributed by atoms with Crippen LogP contribution in [0.1, 0.15) is 0 Å². The van der Waals surface area contributed by atoms with Crippen molar-refractivity contribution in [3.8, 4) is 0 Å². The fourth-order valence-electron chi connectivity index (χ4n) is 3.25. The number of likely N-dealkylation sites (tertiary alicyclic amines) is 1. The molecule has 1 aliphatic heterocycles. The Morgan fingerprint density at radius 2 is 2.04 bits per heavy atom. The number of hydrogen-bond donors (Lipinski definition) is 1. The maximum Gasteiger partial charge on any atom is 0.431 e. The molecule has 0 saturated carbocycles. The van der Waals surface area contributed by atoms with Gasteiger partial charge < -0.3 is 15.1 Å². The van der Waals surface area contributed by atoms with Crippen LogP contribution in [0.5, 0.6) is 0 Å². The summed E-state index contributed by atoms with van der Waals surface area (Å²) in [5.74, 6) is -5.00. The van der Waals surface area contributed by atoms with Gasteiger partial charge in [0.15, 0.2) is 0 Å². The van der Waals surface area contributed by atoms with E-state index in [2.05, 4.69) is 16.9 Å². The van der Waals surface area contributed by atoms with Crippen molar-refractivity contribution in [1.29, 1.82) is 0 Å². The number of rotatable bonds is 5. The molecular formula is C18H20F4N4O2. The average molecular weight is 400 g/mol. The van der Waals surface area contributed by atoms with Gasteiger partial charge in [0.2, 0.25) is 17.8 Å². The van der Waals surface area contributed by atoms with E-state index in [0.717, 1.165) is 17.0 Å². The van der Waals surface area contributed by atoms with Crippen molar-refractivity contribution >= 4 is 17.6 Å². The predicted octanol–water partition coefficient (Wildman–Crippen LogP) is 2.43. The lowest BCUT2D eigenvalue weighted by Crippen LogP contribution is -2.36. The van der Waals surface area contributed by atoms with Gasteiger partial charge in [-0.25, -0.2) is 4.98 Å². The summed E-state index contributed by atoms with van der Waals surface area (Å²) >= 11 is 0. The molecule has 2 rings (SSSR count). The Morgan fingerprint density at radius 1 is 1.39 bits per heavy atom. The summed E-state index contributed by atoms with van der Waals surface area (Å²) in [6.07, 6.45) is -3.69. The third-order valence-electron chi connectivity index (χ3n) is 4.37. The molecule has 0 bridgehead atoms. The van der Waals surface area contributed by atoms with Crippen molar-refractivity contribution < 1.29 is 27.2 Å². The Labute approximate surface area is 159 Å². The van der Waals surface area contributed by atoms with Crippen LogP contribution in [0, 0.1) is 17.8 Å². The molecule has 2 atom stereocenters. The van der Waals surface area contributed by atoms with Crippen LogP contribution in [0.25, 0.3) is 0 Å². The molecule has 0 aliphatic carbocycles. The van der Waals surface area contributed by atoms with Crippen molar-refractivity contribution in [1.82, 2.24) is 14.8 Å². The largest absolute Gasteiger partial charge is 0.431 e. The molecule has 1 fully saturated rings. The number of nitrogens with zero attached hydrogens (tertiary/aromatic N) is 3. The smallest absolute Gasteiger partial charge is 0.373 e. The van der Waals surface area contributed by atoms with E-state index in [-0.39, 0.29) is 17.9 Å². The van der Waals surface area contributed by atoms with Crippen LogP contribution >= 0.6 is 0 Å². The number of anilines is 1. The fourth-order valence-corrected chi connectivity index (χ4v) is 3.25. The minimum absolute atomic E-state index is 0.0950. The molecule has 28 heavy (non-hydrogen) atoms. The summed E-state index contributed by atoms with van der Waals surface area (Å²) in [5, 5.41) is 2.30. The highest BCUT2D eigenvalue weighted by atomic mass is 19.4. The van der Waals surface area contributed by atoms with Gasteiger partial charge in [0, 0.05) is 33.6 Å². The monoisotopic (exact) mass is 400 g/mol. The standard InChI is InChI=1S/C18H20F4N4O2/c1-5-10(15(25(2)3)18(20,21)22)11-9-26(4)17(28)14(11)16(27)24-13-8-6-7-12(19)23-13/h5-8,11,14H,1,9H2,2-4H3,(H,23,24,27)/b15-10+/t11-,14+/m1/s1. The van der Waals surface area contributed by atoms with Gasteiger partial charge >= 0.3 is 6.18 Å². The molecule has 0 spiro atoms. The van der Waals surface area contributed by atoms with Crippen LogP contribution in [-0.4, -0.2) is 60.5 Å². The highest BCUT2D eigenvalue weighted by Crippen LogP contribution is 2.38. The van der Waals surface area contributed by atoms with Gasteiger partial charge in [-0.05, 0) is 17.7 Å². The van der Waals surface area contributed by atoms with Crippen LogP contribution in [-0.2, 0) is 9.59 Å². The summed E-state index contributed by atoms with van der Waals surface area (Å²) in [6, 6.07) is 3.68. The van der Waals surface area contributed by atoms with Gasteiger partial charge in [-0.15, -0.1) is 0 Å². The first-order chi connectivity index (χ1) is 13.0. The quantitative estimate of drug-likeness (QED) is 0.357. The molecule has 1 N–H and O–H groups in total. The van der Waals surface area contributed by atoms with Gasteiger partial charge in [0.25, 0.3) is 0 Å². The summed E-state index contributed by atoms with van der Waals surface area (Å²) in [7, 11) is 3.84. The Hall–Kier alpha value is -2.91. The van der Waals surface area contributed by atoms with Crippen molar-refractivity contribution in [2.24, 2.45) is 11.8 Å². The number of nitrogens with one attached hydrogen (secondary N) is 1. The van der Waals surface area contributed by atoms with Gasteiger partial charge in [0.1, 0.15) is 17.4 Å². The van der Waals surface area contributed by atoms with Crippen LogP contribution in [0.2, 0.25) is 0 Å². The Balaban J connectivity index is 2.47. The van der Waals surface area contributed by atoms with Crippen LogP contribution in [0.3, 0.4) is 0 Å². The zero-order chi connectivity index (χ0) is 21.2. The van der Waals surface area contributed by atoms with Crippen molar-refractivity contribution in [3.63, 3.8) is 0 Å². The van der Waals surface area contributed by atoms with E-state index in [9.17, 15) is 27.2 Å². The Kier molecular flexibility index (Phi) is 6.10. The molecular weight excluding hydrogens is 380 g/mol. The Morgan fingerprint density at radius 3 is 2.54 bits per heavy atom. The zero-order valence-electron chi connectivity index (χ0n) is 15.5. The number of alkyl halides is 3. The van der Waals surface area contributed by atoms with E-state index in [0.29, 0.717) is 0 Å². The average Bonchev–Trinajstić information content (AvgIpc) is 2.86. The zero-order valence-corrected chi connectivity index (χ0v) is 15.5. The van der Waals surface area contributed by atoms with Crippen LogP contribution < -0.4 is 5.32 Å². The molecule has 1 aliphatic rings. The molecule has 1 aromatic heterocycles. The second-order valence-corrected chi connectivity index (χ2v) is 6.54. The molecule has 6 nitrogen and oxygen atoms in total. The lowest BCUT2D eigenvalue weighted by atomic mass is 9.86. The number of aromatic nitrogens is 1. The topological polar surface area (TPSA) is 65.5 Å². The molecule has 0 unspecified atom stereocenters. The van der Waals surface area contributed by atoms with E-state index >= 15 is 0 Å². The number of carbonyl (C=O) groups is 2. The molecule has 0 radical (unpaired) electrons. The molecule has 0 aromatic carbocycles. The van der Waals surface area contributed by atoms with Gasteiger partial charge in [-0.1, -0.05) is 18.7 Å². The number of amides is 2. The van der Waals surface area contributed by atoms with E-state index in [1.54, 1.807) is 0 Å². The van der Waals surface area contributed by atoms with E-state index in [4.69, 9.17) is 0 Å². The fraction of sp³-hybridized carbons (Fsp3) is 0.389. The van der Waals surface area contributed by atoms with Crippen LogP contribution in [0.4, 0.5) is 23.4 Å². The van der Waals surface area contributed by atoms with Gasteiger partial charge in [0.05, 0.1) is 0 Å². The molecule has 1 aromatic rings. The Bertz CT molecular complexity index is 820. The molecule has 2 heterocycles. The van der Waals surface area contributed by atoms with E-state index < -0.39 is 41.5 Å². The van der Waals surface area contributed by atoms with Crippen LogP contribution in [0.15, 0.2) is 42.1 Å². The molecule has 2 amide bonds. The lowest BCUT2D eigenvalue weighted by molar-refractivity contribution is -0.135. The molecule has 10 heteroatoms. The van der Waals surface area contributed by atoms with Gasteiger partial charge in [-0.3, -0.25) is 9.59 Å². The minimum Gasteiger partial charge on any atom is -0.373 e. The SMILES string of the molecule is C=C/C(=C(\N(C)C)C(F)(F)F)[C@H]1CN(C)C(=O)[C@@H]1C(=O)Nc1cccc(F)n1. The van der Waals surface area contributed by atoms with Crippen molar-refractivity contribution in [2.75, 3.05) is 33.0 Å². The van der Waals surface area contributed by atoms with Gasteiger partial charge in [-0.2, -0.15) is 17.6 Å². The number of hydrogen-bond acceptors (Lipinski definition) is 4. The molecule has 1 saturated heterocycles. The second kappa shape index (κ2) is 7.99. The van der Waals surface area contributed by atoms with Crippen molar-refractivity contribution in [2.45, 2.75) is 6.18 Å². The van der Waals surface area contributed by atoms with Crippen molar-refractivity contribution in [3.05, 3.63) is 48.1 Å². The summed E-state index contributed by atoms with van der Waals surface area (Å²) in [5.41, 5.74) is -1.25. The lowest BCUT2D eigenvalue weighted by Gasteiger charge is -2.27. The third kappa shape index (κ3) is 4.32. The third-order valence-corrected chi connectivity index (χ3v) is 4.37. The maximum atomic E-state index is 13.6. The minimum atomic E-state index is -4.71. The number of carbonyl (C=O) groups excluding carboxylic acids is 2. The first-order valence-corrected chi connectivity index (χ1v) is 8.27. The maximum absolute atomic E-state index is 13.6.